The smallest absolute Gasteiger partial charge is 0.239 e. The number of carbonyl (C=O) groups excluding carboxylic acids is 1. The van der Waals surface area contributed by atoms with Gasteiger partial charge < -0.3 is 20.5 Å². The molecule has 0 bridgehead atoms. The van der Waals surface area contributed by atoms with Crippen molar-refractivity contribution in [2.24, 2.45) is 5.73 Å². The van der Waals surface area contributed by atoms with Crippen LogP contribution in [0.2, 0.25) is 0 Å². The summed E-state index contributed by atoms with van der Waals surface area (Å²) in [5, 5.41) is 3.31. The summed E-state index contributed by atoms with van der Waals surface area (Å²) in [5.74, 6) is 1.16. The number of amides is 1. The lowest BCUT2D eigenvalue weighted by Crippen LogP contribution is -2.40. The van der Waals surface area contributed by atoms with Crippen LogP contribution in [-0.2, 0) is 10.2 Å². The number of primary amides is 1. The quantitative estimate of drug-likeness (QED) is 0.847. The molecule has 1 heterocycles. The Bertz CT molecular complexity index is 744. The minimum absolute atomic E-state index is 0.210. The van der Waals surface area contributed by atoms with Crippen molar-refractivity contribution in [1.82, 2.24) is 5.32 Å². The van der Waals surface area contributed by atoms with Gasteiger partial charge in [-0.3, -0.25) is 4.79 Å². The van der Waals surface area contributed by atoms with Crippen molar-refractivity contribution in [3.05, 3.63) is 59.7 Å². The second kappa shape index (κ2) is 7.15. The lowest BCUT2D eigenvalue weighted by atomic mass is 9.84. The number of fused-ring (bicyclic) bond motifs is 1. The minimum Gasteiger partial charge on any atom is -0.486 e. The van der Waals surface area contributed by atoms with E-state index in [4.69, 9.17) is 15.2 Å². The van der Waals surface area contributed by atoms with Gasteiger partial charge in [0.05, 0.1) is 0 Å². The van der Waals surface area contributed by atoms with Crippen LogP contribution in [0.1, 0.15) is 31.0 Å². The molecular weight excluding hydrogens is 316 g/mol. The first-order valence-electron chi connectivity index (χ1n) is 8.45. The van der Waals surface area contributed by atoms with E-state index in [1.165, 1.54) is 0 Å². The first-order chi connectivity index (χ1) is 12.0. The molecule has 1 amide bonds. The van der Waals surface area contributed by atoms with Gasteiger partial charge in [0, 0.05) is 12.0 Å². The van der Waals surface area contributed by atoms with E-state index < -0.39 is 6.04 Å². The van der Waals surface area contributed by atoms with Crippen molar-refractivity contribution >= 4 is 5.91 Å². The van der Waals surface area contributed by atoms with Gasteiger partial charge in [0.15, 0.2) is 11.5 Å². The summed E-state index contributed by atoms with van der Waals surface area (Å²) >= 11 is 0. The van der Waals surface area contributed by atoms with E-state index in [9.17, 15) is 4.79 Å². The highest BCUT2D eigenvalue weighted by atomic mass is 16.6. The Morgan fingerprint density at radius 3 is 2.48 bits per heavy atom. The van der Waals surface area contributed by atoms with Crippen LogP contribution in [0.15, 0.2) is 48.5 Å². The Balaban J connectivity index is 1.75. The molecule has 3 N–H and O–H groups in total. The standard InChI is InChI=1S/C20H24N2O3/c1-20(2,15-8-9-16-17(12-15)25-11-10-24-16)13-22-18(19(21)23)14-6-4-3-5-7-14/h3-9,12,18,22H,10-11,13H2,1-2H3,(H2,21,23)/t18-/m1/s1. The van der Waals surface area contributed by atoms with Crippen LogP contribution in [0.5, 0.6) is 11.5 Å². The van der Waals surface area contributed by atoms with E-state index in [1.54, 1.807) is 0 Å². The van der Waals surface area contributed by atoms with Crippen LogP contribution in [0, 0.1) is 0 Å². The van der Waals surface area contributed by atoms with E-state index >= 15 is 0 Å². The van der Waals surface area contributed by atoms with E-state index in [0.29, 0.717) is 19.8 Å². The molecule has 5 nitrogen and oxygen atoms in total. The zero-order valence-electron chi connectivity index (χ0n) is 14.6. The number of rotatable bonds is 6. The maximum Gasteiger partial charge on any atom is 0.239 e. The van der Waals surface area contributed by atoms with E-state index in [2.05, 4.69) is 19.2 Å². The molecule has 1 aliphatic heterocycles. The molecule has 2 aromatic carbocycles. The summed E-state index contributed by atoms with van der Waals surface area (Å²) in [6.45, 7) is 5.97. The predicted octanol–water partition coefficient (Wildman–Crippen LogP) is 2.55. The van der Waals surface area contributed by atoms with E-state index in [1.807, 2.05) is 48.5 Å². The summed E-state index contributed by atoms with van der Waals surface area (Å²) in [6, 6.07) is 15.0. The molecule has 1 aliphatic rings. The maximum absolute atomic E-state index is 11.9. The number of ether oxygens (including phenoxy) is 2. The van der Waals surface area contributed by atoms with Crippen LogP contribution in [-0.4, -0.2) is 25.7 Å². The second-order valence-electron chi connectivity index (χ2n) is 6.87. The van der Waals surface area contributed by atoms with Crippen molar-refractivity contribution in [2.75, 3.05) is 19.8 Å². The normalized spacial score (nSPS) is 14.8. The summed E-state index contributed by atoms with van der Waals surface area (Å²) in [7, 11) is 0. The number of carbonyl (C=O) groups is 1. The Morgan fingerprint density at radius 2 is 1.80 bits per heavy atom. The molecule has 3 rings (SSSR count). The van der Waals surface area contributed by atoms with E-state index in [0.717, 1.165) is 22.6 Å². The van der Waals surface area contributed by atoms with Gasteiger partial charge in [-0.15, -0.1) is 0 Å². The second-order valence-corrected chi connectivity index (χ2v) is 6.87. The number of nitrogens with two attached hydrogens (primary N) is 1. The Labute approximate surface area is 148 Å². The van der Waals surface area contributed by atoms with Crippen molar-refractivity contribution < 1.29 is 14.3 Å². The first-order valence-corrected chi connectivity index (χ1v) is 8.45. The molecule has 0 aromatic heterocycles. The minimum atomic E-state index is -0.516. The SMILES string of the molecule is CC(C)(CN[C@@H](C(N)=O)c1ccccc1)c1ccc2c(c1)OCCO2. The monoisotopic (exact) mass is 340 g/mol. The fourth-order valence-corrected chi connectivity index (χ4v) is 2.95. The molecule has 0 saturated carbocycles. The molecule has 0 radical (unpaired) electrons. The molecule has 0 aliphatic carbocycles. The Kier molecular flexibility index (Phi) is 4.95. The third-order valence-corrected chi connectivity index (χ3v) is 4.49. The zero-order valence-corrected chi connectivity index (χ0v) is 14.6. The third-order valence-electron chi connectivity index (χ3n) is 4.49. The lowest BCUT2D eigenvalue weighted by molar-refractivity contribution is -0.120. The molecule has 0 saturated heterocycles. The highest BCUT2D eigenvalue weighted by molar-refractivity contribution is 5.81. The number of benzene rings is 2. The molecule has 2 aromatic rings. The number of nitrogens with one attached hydrogen (secondary N) is 1. The average molecular weight is 340 g/mol. The average Bonchev–Trinajstić information content (AvgIpc) is 2.62. The van der Waals surface area contributed by atoms with Crippen molar-refractivity contribution in [1.29, 1.82) is 0 Å². The van der Waals surface area contributed by atoms with E-state index in [-0.39, 0.29) is 11.3 Å². The van der Waals surface area contributed by atoms with Gasteiger partial charge in [0.1, 0.15) is 19.3 Å². The molecule has 0 unspecified atom stereocenters. The summed E-state index contributed by atoms with van der Waals surface area (Å²) in [4.78, 5) is 11.9. The molecule has 5 heteroatoms. The molecule has 0 fully saturated rings. The maximum atomic E-state index is 11.9. The largest absolute Gasteiger partial charge is 0.486 e. The predicted molar refractivity (Wildman–Crippen MR) is 96.8 cm³/mol. The van der Waals surface area contributed by atoms with Crippen molar-refractivity contribution in [3.63, 3.8) is 0 Å². The van der Waals surface area contributed by atoms with Gasteiger partial charge in [-0.2, -0.15) is 0 Å². The zero-order chi connectivity index (χ0) is 17.9. The molecule has 0 spiro atoms. The first kappa shape index (κ1) is 17.3. The van der Waals surface area contributed by atoms with Gasteiger partial charge in [-0.25, -0.2) is 0 Å². The summed E-state index contributed by atoms with van der Waals surface area (Å²) in [5.41, 5.74) is 7.36. The highest BCUT2D eigenvalue weighted by Crippen LogP contribution is 2.35. The Morgan fingerprint density at radius 1 is 1.12 bits per heavy atom. The Hall–Kier alpha value is -2.53. The summed E-state index contributed by atoms with van der Waals surface area (Å²) < 4.78 is 11.2. The van der Waals surface area contributed by atoms with Gasteiger partial charge in [0.25, 0.3) is 0 Å². The number of hydrogen-bond donors (Lipinski definition) is 2. The molecule has 132 valence electrons. The molecule has 25 heavy (non-hydrogen) atoms. The van der Waals surface area contributed by atoms with Gasteiger partial charge in [-0.05, 0) is 23.3 Å². The van der Waals surface area contributed by atoms with Crippen LogP contribution in [0.3, 0.4) is 0 Å². The molecule has 1 atom stereocenters. The van der Waals surface area contributed by atoms with Crippen LogP contribution in [0.4, 0.5) is 0 Å². The molecular formula is C20H24N2O3. The topological polar surface area (TPSA) is 73.6 Å². The van der Waals surface area contributed by atoms with Crippen molar-refractivity contribution in [3.8, 4) is 11.5 Å². The van der Waals surface area contributed by atoms with Crippen LogP contribution >= 0.6 is 0 Å². The lowest BCUT2D eigenvalue weighted by Gasteiger charge is -2.29. The van der Waals surface area contributed by atoms with Crippen LogP contribution in [0.25, 0.3) is 0 Å². The van der Waals surface area contributed by atoms with Crippen molar-refractivity contribution in [2.45, 2.75) is 25.3 Å². The summed E-state index contributed by atoms with van der Waals surface area (Å²) in [6.07, 6.45) is 0. The van der Waals surface area contributed by atoms with Gasteiger partial charge in [-0.1, -0.05) is 50.2 Å². The third kappa shape index (κ3) is 3.94. The van der Waals surface area contributed by atoms with Gasteiger partial charge >= 0.3 is 0 Å². The highest BCUT2D eigenvalue weighted by Gasteiger charge is 2.26. The fourth-order valence-electron chi connectivity index (χ4n) is 2.95. The fraction of sp³-hybridized carbons (Fsp3) is 0.350. The van der Waals surface area contributed by atoms with Crippen LogP contribution < -0.4 is 20.5 Å². The van der Waals surface area contributed by atoms with Gasteiger partial charge in [0.2, 0.25) is 5.91 Å². The number of hydrogen-bond acceptors (Lipinski definition) is 4.